The van der Waals surface area contributed by atoms with E-state index in [1.807, 2.05) is 6.92 Å². The normalized spacial score (nSPS) is 18.6. The zero-order valence-corrected chi connectivity index (χ0v) is 12.9. The molecule has 1 N–H and O–H groups in total. The maximum absolute atomic E-state index is 11.9. The van der Waals surface area contributed by atoms with Crippen LogP contribution in [-0.2, 0) is 14.6 Å². The Kier molecular flexibility index (Phi) is 4.78. The van der Waals surface area contributed by atoms with Crippen molar-refractivity contribution in [3.05, 3.63) is 35.9 Å². The Bertz CT molecular complexity index is 786. The summed E-state index contributed by atoms with van der Waals surface area (Å²) in [6.45, 7) is 1.91. The minimum Gasteiger partial charge on any atom is -0.273 e. The molecule has 22 heavy (non-hydrogen) atoms. The third-order valence-corrected chi connectivity index (χ3v) is 4.76. The van der Waals surface area contributed by atoms with E-state index in [1.54, 1.807) is 30.4 Å². The van der Waals surface area contributed by atoms with Gasteiger partial charge in [0.1, 0.15) is 5.75 Å². The Balaban J connectivity index is 2.23. The van der Waals surface area contributed by atoms with Crippen molar-refractivity contribution >= 4 is 27.5 Å². The minimum absolute atomic E-state index is 0.0263. The van der Waals surface area contributed by atoms with Gasteiger partial charge < -0.3 is 0 Å². The van der Waals surface area contributed by atoms with Gasteiger partial charge in [0.05, 0.1) is 10.6 Å². The second kappa shape index (κ2) is 6.58. The molecule has 1 heterocycles. The quantitative estimate of drug-likeness (QED) is 0.858. The van der Waals surface area contributed by atoms with Crippen molar-refractivity contribution < 1.29 is 13.2 Å². The Morgan fingerprint density at radius 1 is 1.45 bits per heavy atom. The summed E-state index contributed by atoms with van der Waals surface area (Å²) in [6.07, 6.45) is 9.01. The number of benzene rings is 1. The summed E-state index contributed by atoms with van der Waals surface area (Å²) in [6, 6.07) is 6.54. The second-order valence-corrected chi connectivity index (χ2v) is 7.04. The molecule has 0 aliphatic carbocycles. The van der Waals surface area contributed by atoms with Crippen LogP contribution in [0.25, 0.3) is 6.08 Å². The van der Waals surface area contributed by atoms with Crippen LogP contribution < -0.4 is 5.43 Å². The van der Waals surface area contributed by atoms with E-state index in [1.165, 1.54) is 6.07 Å². The zero-order chi connectivity index (χ0) is 16.2. The molecular weight excluding hydrogens is 300 g/mol. The molecule has 0 bridgehead atoms. The summed E-state index contributed by atoms with van der Waals surface area (Å²) >= 11 is 0. The van der Waals surface area contributed by atoms with Crippen molar-refractivity contribution in [2.45, 2.75) is 18.2 Å². The van der Waals surface area contributed by atoms with E-state index in [0.717, 1.165) is 11.3 Å². The van der Waals surface area contributed by atoms with Crippen molar-refractivity contribution in [2.24, 2.45) is 11.0 Å². The highest BCUT2D eigenvalue weighted by atomic mass is 32.2. The van der Waals surface area contributed by atoms with Crippen LogP contribution in [0.5, 0.6) is 0 Å². The molecule has 1 atom stereocenters. The number of rotatable bonds is 4. The van der Waals surface area contributed by atoms with Crippen molar-refractivity contribution in [1.82, 2.24) is 5.43 Å². The van der Waals surface area contributed by atoms with Crippen LogP contribution >= 0.6 is 0 Å². The molecule has 1 amide bonds. The first-order valence-electron chi connectivity index (χ1n) is 6.73. The number of carbonyl (C=O) groups excluding carboxylic acids is 1. The average molecular weight is 316 g/mol. The van der Waals surface area contributed by atoms with Crippen molar-refractivity contribution in [1.29, 1.82) is 0 Å². The molecule has 2 rings (SSSR count). The first-order valence-corrected chi connectivity index (χ1v) is 8.38. The van der Waals surface area contributed by atoms with Gasteiger partial charge in [-0.05, 0) is 23.8 Å². The van der Waals surface area contributed by atoms with Crippen molar-refractivity contribution in [3.8, 4) is 12.3 Å². The Morgan fingerprint density at radius 3 is 2.91 bits per heavy atom. The summed E-state index contributed by atoms with van der Waals surface area (Å²) in [5.41, 5.74) is 3.90. The summed E-state index contributed by atoms with van der Waals surface area (Å²) in [7, 11) is -3.45. The van der Waals surface area contributed by atoms with E-state index < -0.39 is 9.84 Å². The highest BCUT2D eigenvalue weighted by molar-refractivity contribution is 7.91. The molecule has 1 aliphatic rings. The van der Waals surface area contributed by atoms with Gasteiger partial charge in [0.2, 0.25) is 5.91 Å². The fraction of sp³-hybridized carbons (Fsp3) is 0.250. The fourth-order valence-electron chi connectivity index (χ4n) is 2.05. The van der Waals surface area contributed by atoms with Gasteiger partial charge >= 0.3 is 0 Å². The van der Waals surface area contributed by atoms with Crippen LogP contribution in [0.15, 0.2) is 40.3 Å². The highest BCUT2D eigenvalue weighted by Crippen LogP contribution is 2.16. The van der Waals surface area contributed by atoms with Gasteiger partial charge in [-0.2, -0.15) is 5.10 Å². The van der Waals surface area contributed by atoms with Crippen molar-refractivity contribution in [2.75, 3.05) is 5.75 Å². The van der Waals surface area contributed by atoms with Gasteiger partial charge in [-0.1, -0.05) is 31.1 Å². The predicted octanol–water partition coefficient (Wildman–Crippen LogP) is 1.62. The smallest absolute Gasteiger partial charge is 0.240 e. The summed E-state index contributed by atoms with van der Waals surface area (Å²) in [4.78, 5) is 11.4. The van der Waals surface area contributed by atoms with Crippen LogP contribution in [-0.4, -0.2) is 25.8 Å². The molecule has 0 saturated heterocycles. The van der Waals surface area contributed by atoms with Crippen molar-refractivity contribution in [3.63, 3.8) is 0 Å². The lowest BCUT2D eigenvalue weighted by molar-refractivity contribution is -0.121. The number of allylic oxidation sites excluding steroid dienone is 1. The minimum atomic E-state index is -3.45. The number of terminal acetylenes is 1. The number of sulfone groups is 1. The van der Waals surface area contributed by atoms with Crippen LogP contribution in [0.1, 0.15) is 18.9 Å². The lowest BCUT2D eigenvalue weighted by atomic mass is 9.99. The largest absolute Gasteiger partial charge is 0.273 e. The lowest BCUT2D eigenvalue weighted by Gasteiger charge is -2.16. The summed E-state index contributed by atoms with van der Waals surface area (Å²) in [5.74, 6) is 1.75. The highest BCUT2D eigenvalue weighted by Gasteiger charge is 2.18. The lowest BCUT2D eigenvalue weighted by Crippen LogP contribution is -2.30. The van der Waals surface area contributed by atoms with Gasteiger partial charge in [-0.15, -0.1) is 6.42 Å². The van der Waals surface area contributed by atoms with Gasteiger partial charge in [0.15, 0.2) is 9.84 Å². The molecule has 1 aromatic rings. The number of nitrogens with one attached hydrogen (secondary N) is 1. The summed E-state index contributed by atoms with van der Waals surface area (Å²) < 4.78 is 23.9. The predicted molar refractivity (Wildman–Crippen MR) is 85.7 cm³/mol. The third kappa shape index (κ3) is 3.83. The molecule has 0 spiro atoms. The standard InChI is InChI=1S/C16H16N2O3S/c1-3-9-22(20,21)14-6-4-5-13(11-14)7-8-15-12(2)10-16(19)18-17-15/h1,4-8,11-12H,9-10H2,2H3,(H,18,19). The fourth-order valence-corrected chi connectivity index (χ4v) is 3.04. The molecular formula is C16H16N2O3S. The van der Waals surface area contributed by atoms with E-state index in [9.17, 15) is 13.2 Å². The molecule has 0 radical (unpaired) electrons. The molecule has 114 valence electrons. The average Bonchev–Trinajstić information content (AvgIpc) is 2.46. The molecule has 0 fully saturated rings. The number of hydrogen-bond donors (Lipinski definition) is 1. The SMILES string of the molecule is C#CCS(=O)(=O)c1cccc(C=CC2=NNC(=O)CC2C)c1. The number of hydrazone groups is 1. The Hall–Kier alpha value is -2.39. The van der Waals surface area contributed by atoms with Gasteiger partial charge in [0, 0.05) is 12.3 Å². The van der Waals surface area contributed by atoms with E-state index in [4.69, 9.17) is 6.42 Å². The van der Waals surface area contributed by atoms with Crippen LogP contribution in [0.4, 0.5) is 0 Å². The Morgan fingerprint density at radius 2 is 2.23 bits per heavy atom. The van der Waals surface area contributed by atoms with Gasteiger partial charge in [-0.3, -0.25) is 4.79 Å². The maximum atomic E-state index is 11.9. The molecule has 1 aromatic carbocycles. The third-order valence-electron chi connectivity index (χ3n) is 3.24. The number of nitrogens with zero attached hydrogens (tertiary/aromatic N) is 1. The molecule has 5 nitrogen and oxygen atoms in total. The molecule has 0 saturated carbocycles. The molecule has 0 aromatic heterocycles. The number of amides is 1. The maximum Gasteiger partial charge on any atom is 0.240 e. The monoisotopic (exact) mass is 316 g/mol. The van der Waals surface area contributed by atoms with Crippen LogP contribution in [0.3, 0.4) is 0 Å². The molecule has 1 unspecified atom stereocenters. The van der Waals surface area contributed by atoms with E-state index in [2.05, 4.69) is 16.4 Å². The van der Waals surface area contributed by atoms with Crippen LogP contribution in [0, 0.1) is 18.3 Å². The second-order valence-electron chi connectivity index (χ2n) is 5.05. The van der Waals surface area contributed by atoms with E-state index >= 15 is 0 Å². The van der Waals surface area contributed by atoms with Gasteiger partial charge in [-0.25, -0.2) is 13.8 Å². The molecule has 1 aliphatic heterocycles. The topological polar surface area (TPSA) is 75.6 Å². The first-order chi connectivity index (χ1) is 10.4. The van der Waals surface area contributed by atoms with E-state index in [-0.39, 0.29) is 22.5 Å². The number of hydrogen-bond acceptors (Lipinski definition) is 4. The van der Waals surface area contributed by atoms with Crippen LogP contribution in [0.2, 0.25) is 0 Å². The van der Waals surface area contributed by atoms with Gasteiger partial charge in [0.25, 0.3) is 0 Å². The molecule has 6 heteroatoms. The Labute approximate surface area is 130 Å². The van der Waals surface area contributed by atoms with E-state index in [0.29, 0.717) is 6.42 Å². The first kappa shape index (κ1) is 16.0. The number of carbonyl (C=O) groups is 1. The zero-order valence-electron chi connectivity index (χ0n) is 12.1. The summed E-state index contributed by atoms with van der Waals surface area (Å²) in [5, 5.41) is 3.99.